The number of hydrogen-bond donors (Lipinski definition) is 2. The number of furan rings is 1. The van der Waals surface area contributed by atoms with Crippen LogP contribution in [0.3, 0.4) is 0 Å². The van der Waals surface area contributed by atoms with Crippen molar-refractivity contribution in [1.29, 1.82) is 0 Å². The summed E-state index contributed by atoms with van der Waals surface area (Å²) in [4.78, 5) is 4.46. The summed E-state index contributed by atoms with van der Waals surface area (Å²) in [7, 11) is 0. The van der Waals surface area contributed by atoms with Crippen LogP contribution >= 0.6 is 0 Å². The molecule has 4 heterocycles. The lowest BCUT2D eigenvalue weighted by Gasteiger charge is -2.22. The molecule has 3 aromatic heterocycles. The Morgan fingerprint density at radius 2 is 1.91 bits per heavy atom. The van der Waals surface area contributed by atoms with Crippen LogP contribution in [0.5, 0.6) is 5.75 Å². The predicted octanol–water partition coefficient (Wildman–Crippen LogP) is 4.91. The van der Waals surface area contributed by atoms with Gasteiger partial charge in [-0.05, 0) is 50.8 Å². The molecule has 0 amide bonds. The van der Waals surface area contributed by atoms with Crippen molar-refractivity contribution in [1.82, 2.24) is 20.1 Å². The fraction of sp³-hybridized carbons (Fsp3) is 0.385. The van der Waals surface area contributed by atoms with Crippen LogP contribution in [0.2, 0.25) is 0 Å². The van der Waals surface area contributed by atoms with Gasteiger partial charge in [-0.1, -0.05) is 30.3 Å². The van der Waals surface area contributed by atoms with Gasteiger partial charge in [-0.3, -0.25) is 4.68 Å². The van der Waals surface area contributed by atoms with Crippen LogP contribution in [0.1, 0.15) is 49.6 Å². The predicted molar refractivity (Wildman–Crippen MR) is 128 cm³/mol. The van der Waals surface area contributed by atoms with E-state index >= 15 is 0 Å². The van der Waals surface area contributed by atoms with Crippen molar-refractivity contribution in [3.8, 4) is 16.9 Å². The Morgan fingerprint density at radius 3 is 2.76 bits per heavy atom. The molecule has 0 unspecified atom stereocenters. The van der Waals surface area contributed by atoms with Crippen LogP contribution in [-0.2, 0) is 0 Å². The number of nitrogens with one attached hydrogen (secondary N) is 1. The molecule has 0 radical (unpaired) electrons. The largest absolute Gasteiger partial charge is 0.482 e. The van der Waals surface area contributed by atoms with E-state index in [-0.39, 0.29) is 6.10 Å². The maximum absolute atomic E-state index is 6.53. The quantitative estimate of drug-likeness (QED) is 0.455. The minimum absolute atomic E-state index is 0.0540. The molecule has 33 heavy (non-hydrogen) atoms. The highest BCUT2D eigenvalue weighted by Crippen LogP contribution is 2.42. The molecule has 0 bridgehead atoms. The van der Waals surface area contributed by atoms with Crippen LogP contribution in [0, 0.1) is 0 Å². The van der Waals surface area contributed by atoms with Gasteiger partial charge in [0.05, 0.1) is 17.6 Å². The molecule has 2 aliphatic rings. The first kappa shape index (κ1) is 20.3. The average molecular weight is 444 g/mol. The number of pyridine rings is 1. The van der Waals surface area contributed by atoms with Crippen molar-refractivity contribution in [3.63, 3.8) is 0 Å². The van der Waals surface area contributed by atoms with Gasteiger partial charge in [-0.25, -0.2) is 4.98 Å². The zero-order valence-corrected chi connectivity index (χ0v) is 18.6. The zero-order valence-electron chi connectivity index (χ0n) is 18.6. The number of hydrogen-bond acceptors (Lipinski definition) is 6. The van der Waals surface area contributed by atoms with Gasteiger partial charge in [-0.2, -0.15) is 5.10 Å². The molecule has 0 spiro atoms. The number of piperidine rings is 1. The highest BCUT2D eigenvalue weighted by molar-refractivity contribution is 5.97. The molecule has 1 aliphatic heterocycles. The second kappa shape index (κ2) is 8.56. The number of anilines is 1. The van der Waals surface area contributed by atoms with E-state index in [1.54, 1.807) is 12.5 Å². The molecule has 1 aliphatic carbocycles. The highest BCUT2D eigenvalue weighted by Gasteiger charge is 2.32. The summed E-state index contributed by atoms with van der Waals surface area (Å²) in [5.41, 5.74) is 10.2. The first-order valence-corrected chi connectivity index (χ1v) is 11.9. The van der Waals surface area contributed by atoms with Crippen molar-refractivity contribution in [3.05, 3.63) is 60.7 Å². The molecule has 170 valence electrons. The SMILES string of the molecule is Nc1ncc2c(-c3cnn(C4CCNCC4)c3)coc2c1O[C@H]1CCC[C@H]1c1ccccc1. The minimum Gasteiger partial charge on any atom is -0.482 e. The van der Waals surface area contributed by atoms with E-state index in [4.69, 9.17) is 14.9 Å². The molecule has 6 rings (SSSR count). The van der Waals surface area contributed by atoms with Crippen molar-refractivity contribution >= 4 is 16.8 Å². The summed E-state index contributed by atoms with van der Waals surface area (Å²) in [5.74, 6) is 1.27. The second-order valence-corrected chi connectivity index (χ2v) is 9.16. The summed E-state index contributed by atoms with van der Waals surface area (Å²) in [6, 6.07) is 11.0. The van der Waals surface area contributed by atoms with E-state index < -0.39 is 0 Å². The lowest BCUT2D eigenvalue weighted by atomic mass is 9.96. The fourth-order valence-electron chi connectivity index (χ4n) is 5.37. The molecular formula is C26H29N5O2. The molecule has 1 aromatic carbocycles. The molecule has 4 aromatic rings. The number of ether oxygens (including phenoxy) is 1. The monoisotopic (exact) mass is 443 g/mol. The van der Waals surface area contributed by atoms with E-state index in [1.807, 2.05) is 6.20 Å². The summed E-state index contributed by atoms with van der Waals surface area (Å²) in [6.07, 6.45) is 13.0. The molecule has 7 nitrogen and oxygen atoms in total. The molecule has 1 saturated heterocycles. The number of nitrogens with zero attached hydrogens (tertiary/aromatic N) is 3. The Labute approximate surface area is 192 Å². The summed E-state index contributed by atoms with van der Waals surface area (Å²) in [6.45, 7) is 2.06. The van der Waals surface area contributed by atoms with Crippen molar-refractivity contribution in [2.45, 2.75) is 50.2 Å². The van der Waals surface area contributed by atoms with Gasteiger partial charge < -0.3 is 20.2 Å². The van der Waals surface area contributed by atoms with Crippen LogP contribution in [0.25, 0.3) is 22.1 Å². The number of nitrogens with two attached hydrogens (primary N) is 1. The van der Waals surface area contributed by atoms with E-state index in [9.17, 15) is 0 Å². The number of nitrogen functional groups attached to an aromatic ring is 1. The first-order valence-electron chi connectivity index (χ1n) is 11.9. The Morgan fingerprint density at radius 1 is 1.06 bits per heavy atom. The molecule has 3 N–H and O–H groups in total. The second-order valence-electron chi connectivity index (χ2n) is 9.16. The third-order valence-corrected chi connectivity index (χ3v) is 7.15. The number of fused-ring (bicyclic) bond motifs is 1. The average Bonchev–Trinajstić information content (AvgIpc) is 3.61. The Kier molecular flexibility index (Phi) is 5.26. The van der Waals surface area contributed by atoms with Gasteiger partial charge in [0.2, 0.25) is 5.75 Å². The van der Waals surface area contributed by atoms with Gasteiger partial charge in [-0.15, -0.1) is 0 Å². The van der Waals surface area contributed by atoms with Crippen molar-refractivity contribution in [2.24, 2.45) is 0 Å². The smallest absolute Gasteiger partial charge is 0.205 e. The van der Waals surface area contributed by atoms with Crippen LogP contribution in [-0.4, -0.2) is 34.0 Å². The Hall–Kier alpha value is -3.32. The van der Waals surface area contributed by atoms with Gasteiger partial charge in [0.15, 0.2) is 11.4 Å². The molecule has 2 atom stereocenters. The Bertz CT molecular complexity index is 1240. The Balaban J connectivity index is 1.31. The van der Waals surface area contributed by atoms with Crippen LogP contribution < -0.4 is 15.8 Å². The van der Waals surface area contributed by atoms with E-state index in [1.165, 1.54) is 5.56 Å². The summed E-state index contributed by atoms with van der Waals surface area (Å²) >= 11 is 0. The van der Waals surface area contributed by atoms with Gasteiger partial charge in [0, 0.05) is 29.4 Å². The number of rotatable bonds is 5. The number of benzene rings is 1. The molecule has 2 fully saturated rings. The molecule has 1 saturated carbocycles. The zero-order chi connectivity index (χ0) is 22.2. The third kappa shape index (κ3) is 3.76. The standard InChI is InChI=1S/C26H29N5O2/c27-26-25(33-23-8-4-7-20(23)17-5-2-1-3-6-17)24-21(14-29-26)22(16-32-24)18-13-30-31(15-18)19-9-11-28-12-10-19/h1-3,5-6,13-16,19-20,23,28H,4,7-12H2,(H2,27,29)/t20-,23-/m0/s1. The highest BCUT2D eigenvalue weighted by atomic mass is 16.5. The van der Waals surface area contributed by atoms with Gasteiger partial charge >= 0.3 is 0 Å². The van der Waals surface area contributed by atoms with E-state index in [2.05, 4.69) is 56.6 Å². The molecule has 7 heteroatoms. The lowest BCUT2D eigenvalue weighted by molar-refractivity contribution is 0.191. The van der Waals surface area contributed by atoms with Gasteiger partial charge in [0.1, 0.15) is 12.4 Å². The fourth-order valence-corrected chi connectivity index (χ4v) is 5.37. The van der Waals surface area contributed by atoms with E-state index in [0.717, 1.165) is 61.7 Å². The topological polar surface area (TPSA) is 91.1 Å². The van der Waals surface area contributed by atoms with Crippen molar-refractivity contribution < 1.29 is 9.15 Å². The van der Waals surface area contributed by atoms with Gasteiger partial charge in [0.25, 0.3) is 0 Å². The van der Waals surface area contributed by atoms with E-state index in [0.29, 0.717) is 29.1 Å². The normalized spacial score (nSPS) is 21.6. The maximum atomic E-state index is 6.53. The number of aromatic nitrogens is 3. The van der Waals surface area contributed by atoms with Crippen molar-refractivity contribution in [2.75, 3.05) is 18.8 Å². The lowest BCUT2D eigenvalue weighted by Crippen LogP contribution is -2.29. The van der Waals surface area contributed by atoms with Crippen LogP contribution in [0.15, 0.2) is 59.6 Å². The minimum atomic E-state index is 0.0540. The third-order valence-electron chi connectivity index (χ3n) is 7.15. The summed E-state index contributed by atoms with van der Waals surface area (Å²) in [5, 5.41) is 8.95. The maximum Gasteiger partial charge on any atom is 0.205 e. The first-order chi connectivity index (χ1) is 16.3. The molecular weight excluding hydrogens is 414 g/mol. The summed E-state index contributed by atoms with van der Waals surface area (Å²) < 4.78 is 14.6. The van der Waals surface area contributed by atoms with Crippen LogP contribution in [0.4, 0.5) is 5.82 Å².